The molecule has 0 saturated heterocycles. The number of nitrogens with one attached hydrogen (secondary N) is 2. The van der Waals surface area contributed by atoms with E-state index >= 15 is 0 Å². The van der Waals surface area contributed by atoms with Gasteiger partial charge in [-0.25, -0.2) is 9.97 Å². The summed E-state index contributed by atoms with van der Waals surface area (Å²) >= 11 is 11.4. The molecule has 3 aromatic heterocycles. The van der Waals surface area contributed by atoms with Crippen LogP contribution in [0.15, 0.2) is 91.0 Å². The number of carbonyl (C=O) groups excluding carboxylic acids is 1. The van der Waals surface area contributed by atoms with Crippen molar-refractivity contribution < 1.29 is 24.7 Å². The number of aromatic amines is 2. The molecule has 0 saturated carbocycles. The first-order chi connectivity index (χ1) is 23.3. The van der Waals surface area contributed by atoms with Gasteiger partial charge in [-0.1, -0.05) is 42.5 Å². The fraction of sp³-hybridized carbons (Fsp3) is 0.162. The Kier molecular flexibility index (Phi) is 13.3. The van der Waals surface area contributed by atoms with Crippen molar-refractivity contribution in [1.29, 1.82) is 0 Å². The van der Waals surface area contributed by atoms with Crippen molar-refractivity contribution in [3.8, 4) is 0 Å². The van der Waals surface area contributed by atoms with Crippen LogP contribution in [0.5, 0.6) is 0 Å². The van der Waals surface area contributed by atoms with Crippen LogP contribution in [0.4, 0.5) is 0 Å². The monoisotopic (exact) mass is 768 g/mol. The van der Waals surface area contributed by atoms with Gasteiger partial charge in [0, 0.05) is 34.4 Å². The average molecular weight is 772 g/mol. The number of H-pyrrole nitrogens is 2. The average Bonchev–Trinajstić information content (AvgIpc) is 3.89. The Morgan fingerprint density at radius 1 is 0.729 bits per heavy atom. The van der Waals surface area contributed by atoms with Crippen LogP contribution in [0.1, 0.15) is 54.0 Å². The number of nitrogens with zero attached hydrogens (tertiary/aromatic N) is 2. The number of esters is 1. The fourth-order valence-electron chi connectivity index (χ4n) is 5.44. The molecule has 1 unspecified atom stereocenters. The maximum absolute atomic E-state index is 11.6. The van der Waals surface area contributed by atoms with Crippen molar-refractivity contribution in [3.63, 3.8) is 0 Å². The van der Waals surface area contributed by atoms with Crippen LogP contribution in [0.25, 0.3) is 57.1 Å². The number of carbonyl (C=O) groups is 1. The Balaban J connectivity index is 0.000000176. The zero-order valence-corrected chi connectivity index (χ0v) is 32.2. The van der Waals surface area contributed by atoms with Crippen LogP contribution < -0.4 is 0 Å². The quantitative estimate of drug-likeness (QED) is 0.100. The molecular formula is C37H32Cl4N4O2Zn. The van der Waals surface area contributed by atoms with Crippen molar-refractivity contribution in [3.05, 3.63) is 119 Å². The van der Waals surface area contributed by atoms with Crippen molar-refractivity contribution in [2.24, 2.45) is 0 Å². The van der Waals surface area contributed by atoms with Gasteiger partial charge in [0.15, 0.2) is 0 Å². The molecule has 0 fully saturated rings. The summed E-state index contributed by atoms with van der Waals surface area (Å²) in [5.74, 6) is -0.305. The third-order valence-electron chi connectivity index (χ3n) is 7.53. The van der Waals surface area contributed by atoms with E-state index in [1.54, 1.807) is 6.92 Å². The molecule has 242 valence electrons. The number of fused-ring (bicyclic) bond motifs is 9. The molecule has 8 bridgehead atoms. The fourth-order valence-corrected chi connectivity index (χ4v) is 5.96. The Hall–Kier alpha value is -3.45. The van der Waals surface area contributed by atoms with Crippen molar-refractivity contribution in [2.45, 2.75) is 30.5 Å². The van der Waals surface area contributed by atoms with E-state index < -0.39 is 20.0 Å². The second-order valence-electron chi connectivity index (χ2n) is 10.9. The summed E-state index contributed by atoms with van der Waals surface area (Å²) in [4.78, 5) is 27.0. The molecule has 2 aliphatic heterocycles. The van der Waals surface area contributed by atoms with Crippen LogP contribution in [0.2, 0.25) is 0 Å². The molecule has 5 heterocycles. The van der Waals surface area contributed by atoms with E-state index in [9.17, 15) is 4.79 Å². The van der Waals surface area contributed by atoms with Crippen molar-refractivity contribution >= 4 is 106 Å². The van der Waals surface area contributed by atoms with Gasteiger partial charge >= 0.3 is 40.5 Å². The second kappa shape index (κ2) is 17.8. The van der Waals surface area contributed by atoms with Crippen LogP contribution in [0.3, 0.4) is 0 Å². The van der Waals surface area contributed by atoms with E-state index in [0.29, 0.717) is 19.4 Å². The summed E-state index contributed by atoms with van der Waals surface area (Å²) in [5.41, 5.74) is 8.94. The zero-order chi connectivity index (χ0) is 33.9. The third kappa shape index (κ3) is 10.0. The van der Waals surface area contributed by atoms with E-state index in [1.807, 2.05) is 72.8 Å². The summed E-state index contributed by atoms with van der Waals surface area (Å²) in [6, 6.07) is 30.5. The first kappa shape index (κ1) is 35.8. The summed E-state index contributed by atoms with van der Waals surface area (Å²) in [6.07, 6.45) is 8.98. The molecule has 2 aliphatic rings. The second-order valence-corrected chi connectivity index (χ2v) is 16.6. The Morgan fingerprint density at radius 3 is 1.65 bits per heavy atom. The van der Waals surface area contributed by atoms with E-state index in [-0.39, 0.29) is 11.9 Å². The summed E-state index contributed by atoms with van der Waals surface area (Å²) in [6.45, 7) is 2.19. The molecular weight excluding hydrogens is 740 g/mol. The number of hydrogen-bond donors (Lipinski definition) is 2. The topological polar surface area (TPSA) is 83.7 Å². The molecule has 11 heteroatoms. The first-order valence-corrected chi connectivity index (χ1v) is 24.1. The molecule has 0 amide bonds. The van der Waals surface area contributed by atoms with Crippen LogP contribution in [0, 0.1) is 0 Å². The number of rotatable bonds is 6. The van der Waals surface area contributed by atoms with Gasteiger partial charge in [-0.15, -0.1) is 23.2 Å². The Labute approximate surface area is 304 Å². The molecule has 5 aromatic rings. The molecule has 48 heavy (non-hydrogen) atoms. The molecule has 0 aliphatic carbocycles. The SMILES string of the molecule is C1=Cc2cc3ccc(cc4nc(cc5ccc(cc1n2)[nH]5)C=C4)[nH]3.CCOC(=O)CCC(c1cccc2ccccc12)C(Cl)Cl.[Cl][Zn][Cl]. The van der Waals surface area contributed by atoms with E-state index in [4.69, 9.17) is 47.3 Å². The summed E-state index contributed by atoms with van der Waals surface area (Å²) in [7, 11) is 9.90. The number of halogens is 4. The molecule has 2 aromatic carbocycles. The molecule has 0 spiro atoms. The van der Waals surface area contributed by atoms with Gasteiger partial charge in [-0.2, -0.15) is 0 Å². The molecule has 7 rings (SSSR count). The van der Waals surface area contributed by atoms with Gasteiger partial charge in [-0.3, -0.25) is 4.79 Å². The first-order valence-electron chi connectivity index (χ1n) is 15.4. The summed E-state index contributed by atoms with van der Waals surface area (Å²) in [5, 5.41) is 2.27. The van der Waals surface area contributed by atoms with Gasteiger partial charge < -0.3 is 14.7 Å². The molecule has 6 nitrogen and oxygen atoms in total. The van der Waals surface area contributed by atoms with E-state index in [0.717, 1.165) is 61.2 Å². The number of hydrogen-bond acceptors (Lipinski definition) is 4. The molecule has 1 atom stereocenters. The van der Waals surface area contributed by atoms with Gasteiger partial charge in [0.1, 0.15) is 4.84 Å². The Morgan fingerprint density at radius 2 is 1.19 bits per heavy atom. The predicted molar refractivity (Wildman–Crippen MR) is 199 cm³/mol. The zero-order valence-electron chi connectivity index (χ0n) is 26.2. The molecule has 2 N–H and O–H groups in total. The van der Waals surface area contributed by atoms with Crippen molar-refractivity contribution in [2.75, 3.05) is 6.61 Å². The van der Waals surface area contributed by atoms with Gasteiger partial charge in [0.2, 0.25) is 0 Å². The Bertz CT molecular complexity index is 1910. The minimum absolute atomic E-state index is 0.0937. The number of ether oxygens (including phenoxy) is 1. The normalized spacial score (nSPS) is 12.0. The molecule has 0 radical (unpaired) electrons. The standard InChI is InChI=1S/C20H14N4.C17H18Cl2O2.2ClH.Zn/c1-2-14-10-16-5-6-18(23-16)12-20-8-7-19(24-20)11-17-4-3-15(22-17)9-13(1)21-14;1-2-21-16(20)11-10-15(17(18)19)14-9-5-7-12-6-3-4-8-13(12)14;;;/h1-12,21,24H;3-9,15,17H,2,10-11H2,1H3;2*1H;/q;;;;+2/p-2. The summed E-state index contributed by atoms with van der Waals surface area (Å²) < 4.78 is 4.97. The van der Waals surface area contributed by atoms with Crippen LogP contribution in [-0.2, 0) is 24.7 Å². The van der Waals surface area contributed by atoms with Gasteiger partial charge in [0.25, 0.3) is 0 Å². The van der Waals surface area contributed by atoms with E-state index in [2.05, 4.69) is 62.4 Å². The number of aromatic nitrogens is 4. The predicted octanol–water partition coefficient (Wildman–Crippen LogP) is 11.1. The van der Waals surface area contributed by atoms with Crippen molar-refractivity contribution in [1.82, 2.24) is 19.9 Å². The number of alkyl halides is 2. The van der Waals surface area contributed by atoms with Crippen LogP contribution in [-0.4, -0.2) is 37.3 Å². The maximum atomic E-state index is 11.6. The van der Waals surface area contributed by atoms with Gasteiger partial charge in [0.05, 0.1) is 29.4 Å². The number of benzene rings is 2. The third-order valence-corrected chi connectivity index (χ3v) is 8.14. The minimum atomic E-state index is -0.931. The van der Waals surface area contributed by atoms with Gasteiger partial charge in [-0.05, 0) is 103 Å². The van der Waals surface area contributed by atoms with E-state index in [1.165, 1.54) is 0 Å². The van der Waals surface area contributed by atoms with Crippen LogP contribution >= 0.6 is 42.6 Å².